The summed E-state index contributed by atoms with van der Waals surface area (Å²) in [5.74, 6) is 1.17. The van der Waals surface area contributed by atoms with E-state index in [0.29, 0.717) is 11.6 Å². The molecule has 43 heavy (non-hydrogen) atoms. The first-order valence-corrected chi connectivity index (χ1v) is 14.1. The van der Waals surface area contributed by atoms with Gasteiger partial charge in [-0.15, -0.1) is 30.4 Å². The molecule has 1 aliphatic carbocycles. The Bertz CT molecular complexity index is 1770. The molecular weight excluding hydrogens is 712 g/mol. The number of nitrogens with zero attached hydrogens (tertiary/aromatic N) is 4. The van der Waals surface area contributed by atoms with E-state index in [9.17, 15) is 0 Å². The molecule has 4 aromatic carbocycles. The van der Waals surface area contributed by atoms with Crippen LogP contribution in [0.2, 0.25) is 0 Å². The third-order valence-electron chi connectivity index (χ3n) is 7.98. The number of hydrazone groups is 1. The molecule has 0 N–H and O–H groups in total. The van der Waals surface area contributed by atoms with Crippen LogP contribution in [0.1, 0.15) is 48.7 Å². The molecule has 2 aliphatic rings. The number of anilines is 1. The first-order valence-electron chi connectivity index (χ1n) is 14.1. The Morgan fingerprint density at radius 1 is 0.837 bits per heavy atom. The van der Waals surface area contributed by atoms with Crippen LogP contribution in [-0.2, 0) is 31.9 Å². The molecule has 0 saturated heterocycles. The Kier molecular flexibility index (Phi) is 7.48. The second kappa shape index (κ2) is 11.1. The van der Waals surface area contributed by atoms with Gasteiger partial charge in [-0.3, -0.25) is 0 Å². The number of hydrogen-bond acceptors (Lipinski definition) is 5. The van der Waals surface area contributed by atoms with Gasteiger partial charge in [-0.1, -0.05) is 75.0 Å². The van der Waals surface area contributed by atoms with E-state index in [-0.39, 0.29) is 26.5 Å². The molecule has 218 valence electrons. The third-order valence-corrected chi connectivity index (χ3v) is 7.98. The predicted octanol–water partition coefficient (Wildman–Crippen LogP) is 7.95. The molecule has 0 unspecified atom stereocenters. The second-order valence-electron chi connectivity index (χ2n) is 11.8. The van der Waals surface area contributed by atoms with Crippen molar-refractivity contribution in [1.29, 1.82) is 0 Å². The molecule has 0 spiro atoms. The van der Waals surface area contributed by atoms with E-state index >= 15 is 0 Å². The van der Waals surface area contributed by atoms with Gasteiger partial charge in [0.25, 0.3) is 0 Å². The number of aromatic nitrogens is 1. The molecular formula is C37H31N4OPt-3. The van der Waals surface area contributed by atoms with E-state index in [1.165, 1.54) is 22.3 Å². The maximum atomic E-state index is 6.37. The first kappa shape index (κ1) is 28.9. The Hall–Kier alpha value is -4.21. The Balaban J connectivity index is 0.00000329. The fraction of sp³-hybridized carbons (Fsp3) is 0.162. The van der Waals surface area contributed by atoms with Gasteiger partial charge in [0.2, 0.25) is 5.88 Å². The molecule has 0 bridgehead atoms. The normalized spacial score (nSPS) is 14.7. The quantitative estimate of drug-likeness (QED) is 0.168. The number of benzene rings is 4. The van der Waals surface area contributed by atoms with Gasteiger partial charge in [-0.05, 0) is 46.3 Å². The zero-order valence-corrected chi connectivity index (χ0v) is 26.8. The number of fused-ring (bicyclic) bond motifs is 3. The number of rotatable bonds is 5. The number of pyridine rings is 1. The van der Waals surface area contributed by atoms with Crippen molar-refractivity contribution < 1.29 is 25.8 Å². The van der Waals surface area contributed by atoms with Crippen LogP contribution in [0, 0.1) is 18.8 Å². The van der Waals surface area contributed by atoms with Crippen molar-refractivity contribution in [2.45, 2.75) is 31.6 Å². The minimum Gasteiger partial charge on any atom is -0.493 e. The molecule has 5 aromatic rings. The molecule has 0 radical (unpaired) electrons. The molecule has 6 heteroatoms. The van der Waals surface area contributed by atoms with E-state index in [1.54, 1.807) is 6.34 Å². The van der Waals surface area contributed by atoms with Gasteiger partial charge in [0.15, 0.2) is 0 Å². The van der Waals surface area contributed by atoms with E-state index < -0.39 is 5.41 Å². The molecule has 2 heterocycles. The SMILES string of the molecule is CN1C=NN(c2[c-]c(C3(c4cc(C(C)(C)C)cc(Oc5[c-]cccc5)n4)c4ccccc4-c4ccccc43)ccc2)[CH-]1.[Pt]. The van der Waals surface area contributed by atoms with Gasteiger partial charge < -0.3 is 14.6 Å². The van der Waals surface area contributed by atoms with E-state index in [1.807, 2.05) is 54.0 Å². The second-order valence-corrected chi connectivity index (χ2v) is 11.8. The summed E-state index contributed by atoms with van der Waals surface area (Å²) in [6.45, 7) is 8.61. The van der Waals surface area contributed by atoms with Gasteiger partial charge >= 0.3 is 0 Å². The molecule has 1 aromatic heterocycles. The maximum Gasteiger partial charge on any atom is 0.217 e. The smallest absolute Gasteiger partial charge is 0.217 e. The summed E-state index contributed by atoms with van der Waals surface area (Å²) < 4.78 is 6.37. The van der Waals surface area contributed by atoms with Crippen LogP contribution >= 0.6 is 0 Å². The summed E-state index contributed by atoms with van der Waals surface area (Å²) in [4.78, 5) is 7.21. The van der Waals surface area contributed by atoms with E-state index in [4.69, 9.17) is 9.72 Å². The fourth-order valence-corrected chi connectivity index (χ4v) is 5.98. The van der Waals surface area contributed by atoms with Crippen molar-refractivity contribution in [3.05, 3.63) is 150 Å². The van der Waals surface area contributed by atoms with Crippen molar-refractivity contribution in [2.75, 3.05) is 12.1 Å². The van der Waals surface area contributed by atoms with Crippen LogP contribution in [0.4, 0.5) is 5.69 Å². The molecule has 1 aliphatic heterocycles. The summed E-state index contributed by atoms with van der Waals surface area (Å²) in [7, 11) is 1.96. The molecule has 0 saturated carbocycles. The van der Waals surface area contributed by atoms with Crippen LogP contribution in [0.3, 0.4) is 0 Å². The van der Waals surface area contributed by atoms with Gasteiger partial charge in [0, 0.05) is 32.9 Å². The summed E-state index contributed by atoms with van der Waals surface area (Å²) in [6, 6.07) is 42.4. The Morgan fingerprint density at radius 2 is 1.53 bits per heavy atom. The van der Waals surface area contributed by atoms with Gasteiger partial charge in [0.1, 0.15) is 0 Å². The van der Waals surface area contributed by atoms with Crippen molar-refractivity contribution in [3.8, 4) is 22.8 Å². The average molecular weight is 743 g/mol. The molecule has 5 nitrogen and oxygen atoms in total. The molecule has 7 rings (SSSR count). The van der Waals surface area contributed by atoms with Crippen LogP contribution in [-0.4, -0.2) is 23.3 Å². The third kappa shape index (κ3) is 4.96. The minimum atomic E-state index is -0.738. The predicted molar refractivity (Wildman–Crippen MR) is 167 cm³/mol. The van der Waals surface area contributed by atoms with E-state index in [0.717, 1.165) is 22.5 Å². The monoisotopic (exact) mass is 742 g/mol. The van der Waals surface area contributed by atoms with Crippen LogP contribution < -0.4 is 9.75 Å². The summed E-state index contributed by atoms with van der Waals surface area (Å²) >= 11 is 0. The average Bonchev–Trinajstić information content (AvgIpc) is 3.57. The standard InChI is InChI=1S/C37H31N4O.Pt/c1-36(2,3)27-22-34(39-35(23-27)42-29-15-6-5-7-16-29)37(26-13-12-14-28(21-26)41-25-40(4)24-38-41)32-19-10-8-17-30(32)31-18-9-11-20-33(31)37;/h5-15,17-20,22-25H,1-4H3;/q-3;. The van der Waals surface area contributed by atoms with Crippen molar-refractivity contribution in [2.24, 2.45) is 5.10 Å². The molecule has 0 atom stereocenters. The van der Waals surface area contributed by atoms with E-state index in [2.05, 4.69) is 111 Å². The number of ether oxygens (including phenoxy) is 1. The zero-order valence-electron chi connectivity index (χ0n) is 24.5. The van der Waals surface area contributed by atoms with Crippen LogP contribution in [0.25, 0.3) is 11.1 Å². The summed E-state index contributed by atoms with van der Waals surface area (Å²) in [5.41, 5.74) is 7.71. The first-order chi connectivity index (χ1) is 20.3. The summed E-state index contributed by atoms with van der Waals surface area (Å²) in [5, 5.41) is 6.40. The fourth-order valence-electron chi connectivity index (χ4n) is 5.98. The Morgan fingerprint density at radius 3 is 2.16 bits per heavy atom. The zero-order chi connectivity index (χ0) is 28.9. The Labute approximate surface area is 268 Å². The topological polar surface area (TPSA) is 41.0 Å². The largest absolute Gasteiger partial charge is 0.493 e. The molecule has 0 fully saturated rings. The number of hydrogen-bond donors (Lipinski definition) is 0. The molecule has 0 amide bonds. The van der Waals surface area contributed by atoms with Gasteiger partial charge in [-0.2, -0.15) is 41.5 Å². The van der Waals surface area contributed by atoms with Crippen molar-refractivity contribution >= 4 is 12.0 Å². The van der Waals surface area contributed by atoms with Crippen LogP contribution in [0.5, 0.6) is 11.6 Å². The maximum absolute atomic E-state index is 6.37. The summed E-state index contributed by atoms with van der Waals surface area (Å²) in [6.07, 6.45) is 1.79. The number of para-hydroxylation sites is 1. The van der Waals surface area contributed by atoms with Crippen molar-refractivity contribution in [1.82, 2.24) is 9.88 Å². The van der Waals surface area contributed by atoms with Gasteiger partial charge in [-0.25, -0.2) is 4.98 Å². The minimum absolute atomic E-state index is 0. The van der Waals surface area contributed by atoms with Crippen LogP contribution in [0.15, 0.2) is 108 Å². The van der Waals surface area contributed by atoms with Gasteiger partial charge in [0.05, 0.1) is 17.4 Å². The van der Waals surface area contributed by atoms with Crippen molar-refractivity contribution in [3.63, 3.8) is 0 Å².